The van der Waals surface area contributed by atoms with Gasteiger partial charge in [-0.3, -0.25) is 9.59 Å². The molecule has 64 heavy (non-hydrogen) atoms. The van der Waals surface area contributed by atoms with Gasteiger partial charge in [-0.05, 0) is 101 Å². The second-order valence-electron chi connectivity index (χ2n) is 20.0. The van der Waals surface area contributed by atoms with E-state index in [1.165, 1.54) is 20.2 Å². The maximum Gasteiger partial charge on any atom is 0.311 e. The third-order valence-corrected chi connectivity index (χ3v) is 14.1. The molecular weight excluding hydrogens is 831 g/mol. The predicted octanol–water partition coefficient (Wildman–Crippen LogP) is 2.48. The number of cyclic esters (lactones) is 1. The van der Waals surface area contributed by atoms with E-state index in [-0.39, 0.29) is 49.8 Å². The Morgan fingerprint density at radius 1 is 1.00 bits per heavy atom. The van der Waals surface area contributed by atoms with E-state index in [4.69, 9.17) is 33.2 Å². The molecule has 0 bridgehead atoms. The van der Waals surface area contributed by atoms with Gasteiger partial charge in [-0.1, -0.05) is 20.8 Å². The summed E-state index contributed by atoms with van der Waals surface area (Å²) in [5.41, 5.74) is -4.01. The van der Waals surface area contributed by atoms with Crippen LogP contribution in [0.2, 0.25) is 0 Å². The number of nitrogens with one attached hydrogen (secondary N) is 1. The molecular formula is C46H83N5O13. The van der Waals surface area contributed by atoms with Crippen molar-refractivity contribution in [2.24, 2.45) is 24.8 Å². The van der Waals surface area contributed by atoms with E-state index in [0.717, 1.165) is 0 Å². The molecule has 1 amide bonds. The van der Waals surface area contributed by atoms with Crippen LogP contribution < -0.4 is 5.32 Å². The summed E-state index contributed by atoms with van der Waals surface area (Å²) < 4.78 is 47.0. The Bertz CT molecular complexity index is 1630. The Hall–Kier alpha value is -2.33. The number of amides is 1. The Labute approximate surface area is 381 Å². The summed E-state index contributed by atoms with van der Waals surface area (Å²) in [7, 11) is 9.06. The van der Waals surface area contributed by atoms with Gasteiger partial charge in [0.2, 0.25) is 0 Å². The Balaban J connectivity index is 1.76. The number of hydrogen-bond donors (Lipinski definition) is 5. The molecule has 3 saturated heterocycles. The quantitative estimate of drug-likeness (QED) is 0.142. The van der Waals surface area contributed by atoms with E-state index in [2.05, 4.69) is 15.2 Å². The molecule has 18 atom stereocenters. The molecule has 3 aliphatic rings. The fraction of sp³-hybridized carbons (Fsp3) is 0.891. The van der Waals surface area contributed by atoms with Crippen LogP contribution in [-0.4, -0.2) is 190 Å². The minimum atomic E-state index is -1.82. The van der Waals surface area contributed by atoms with Crippen molar-refractivity contribution in [3.05, 3.63) is 18.2 Å². The number of rotatable bonds is 13. The molecule has 0 aliphatic carbocycles. The molecule has 0 spiro atoms. The number of aliphatic hydroxyl groups is 4. The number of likely N-dealkylation sites (N-methyl/N-ethyl adjacent to an activating group) is 2. The Kier molecular flexibility index (Phi) is 19.2. The highest BCUT2D eigenvalue weighted by Crippen LogP contribution is 2.40. The van der Waals surface area contributed by atoms with Gasteiger partial charge < -0.3 is 73.3 Å². The monoisotopic (exact) mass is 914 g/mol. The summed E-state index contributed by atoms with van der Waals surface area (Å²) in [5.74, 6) is -2.89. The molecule has 0 unspecified atom stereocenters. The van der Waals surface area contributed by atoms with Crippen LogP contribution in [0.15, 0.2) is 12.5 Å². The fourth-order valence-corrected chi connectivity index (χ4v) is 10.1. The molecule has 3 aliphatic heterocycles. The highest BCUT2D eigenvalue weighted by Gasteiger charge is 2.53. The summed E-state index contributed by atoms with van der Waals surface area (Å²) in [4.78, 5) is 35.3. The zero-order valence-corrected chi connectivity index (χ0v) is 41.2. The molecule has 3 fully saturated rings. The van der Waals surface area contributed by atoms with Crippen LogP contribution in [0.25, 0.3) is 0 Å². The van der Waals surface area contributed by atoms with Gasteiger partial charge in [0.1, 0.15) is 35.7 Å². The first kappa shape index (κ1) is 54.3. The standard InChI is InChI=1S/C46H83N5O13/c1-16-34-46(10,57)38(52)30(6)50(13)24-26(2)21-44(8,56)40(28(4)36(29(5)42(55)62-34)63-35-22-45(9,58-15)39(53)31(7)61-35)64-43-37(32(49(11)12)20-27(3)60-43)59-19-17-18-48-41(54)33-23-47-25-51(33)14/h23,25-32,34-40,43,52-53,56-57H,16-22,24H2,1-15H3,(H,48,54)/t26-,27-,28+,29-,30-,31+,32+,34-,35+,36+,37-,38-,39+,40-,43+,44-,45-,46-/m1/s1. The van der Waals surface area contributed by atoms with Gasteiger partial charge in [0.15, 0.2) is 12.6 Å². The third kappa shape index (κ3) is 12.8. The highest BCUT2D eigenvalue weighted by atomic mass is 16.7. The van der Waals surface area contributed by atoms with E-state index >= 15 is 0 Å². The molecule has 4 heterocycles. The van der Waals surface area contributed by atoms with E-state index in [0.29, 0.717) is 31.6 Å². The summed E-state index contributed by atoms with van der Waals surface area (Å²) >= 11 is 0. The number of methoxy groups -OCH3 is 1. The topological polar surface area (TPSA) is 216 Å². The second kappa shape index (κ2) is 22.6. The van der Waals surface area contributed by atoms with E-state index in [9.17, 15) is 30.0 Å². The number of carbonyl (C=O) groups is 2. The number of aliphatic hydroxyl groups excluding tert-OH is 2. The van der Waals surface area contributed by atoms with Gasteiger partial charge in [0.25, 0.3) is 5.91 Å². The lowest BCUT2D eigenvalue weighted by atomic mass is 9.77. The largest absolute Gasteiger partial charge is 0.459 e. The van der Waals surface area contributed by atoms with Crippen molar-refractivity contribution >= 4 is 11.9 Å². The summed E-state index contributed by atoms with van der Waals surface area (Å²) in [5, 5.41) is 50.4. The number of imidazole rings is 1. The van der Waals surface area contributed by atoms with E-state index in [1.54, 1.807) is 52.6 Å². The number of aryl methyl sites for hydroxylation is 1. The average molecular weight is 914 g/mol. The first-order valence-corrected chi connectivity index (χ1v) is 23.2. The second-order valence-corrected chi connectivity index (χ2v) is 20.0. The molecule has 5 N–H and O–H groups in total. The van der Waals surface area contributed by atoms with Gasteiger partial charge in [0.05, 0.1) is 54.1 Å². The van der Waals surface area contributed by atoms with Crippen LogP contribution >= 0.6 is 0 Å². The number of hydrogen-bond acceptors (Lipinski definition) is 16. The Morgan fingerprint density at radius 3 is 2.27 bits per heavy atom. The van der Waals surface area contributed by atoms with Gasteiger partial charge in [-0.15, -0.1) is 0 Å². The van der Waals surface area contributed by atoms with Crippen LogP contribution in [-0.2, 0) is 45.0 Å². The van der Waals surface area contributed by atoms with E-state index < -0.39 is 96.0 Å². The van der Waals surface area contributed by atoms with Crippen LogP contribution in [0.4, 0.5) is 0 Å². The summed E-state index contributed by atoms with van der Waals surface area (Å²) in [6.45, 7) is 18.8. The summed E-state index contributed by atoms with van der Waals surface area (Å²) in [6, 6.07) is -0.715. The van der Waals surface area contributed by atoms with Crippen molar-refractivity contribution in [1.29, 1.82) is 0 Å². The maximum atomic E-state index is 14.5. The van der Waals surface area contributed by atoms with Crippen molar-refractivity contribution in [1.82, 2.24) is 24.7 Å². The maximum absolute atomic E-state index is 14.5. The number of esters is 1. The zero-order valence-electron chi connectivity index (χ0n) is 41.2. The van der Waals surface area contributed by atoms with Crippen molar-refractivity contribution in [2.75, 3.05) is 47.9 Å². The normalized spacial score (nSPS) is 42.4. The van der Waals surface area contributed by atoms with Gasteiger partial charge in [-0.25, -0.2) is 4.98 Å². The molecule has 18 nitrogen and oxygen atoms in total. The lowest BCUT2D eigenvalue weighted by Crippen LogP contribution is -2.61. The van der Waals surface area contributed by atoms with Crippen molar-refractivity contribution < 1.29 is 63.2 Å². The lowest BCUT2D eigenvalue weighted by molar-refractivity contribution is -0.321. The van der Waals surface area contributed by atoms with Crippen LogP contribution in [0, 0.1) is 17.8 Å². The molecule has 1 aromatic rings. The van der Waals surface area contributed by atoms with Gasteiger partial charge in [-0.2, -0.15) is 0 Å². The number of carbonyl (C=O) groups excluding carboxylic acids is 2. The van der Waals surface area contributed by atoms with Gasteiger partial charge >= 0.3 is 5.97 Å². The molecule has 0 saturated carbocycles. The van der Waals surface area contributed by atoms with Crippen LogP contribution in [0.5, 0.6) is 0 Å². The number of aromatic nitrogens is 2. The van der Waals surface area contributed by atoms with E-state index in [1.807, 2.05) is 53.7 Å². The van der Waals surface area contributed by atoms with Crippen molar-refractivity contribution in [3.63, 3.8) is 0 Å². The Morgan fingerprint density at radius 2 is 1.67 bits per heavy atom. The minimum Gasteiger partial charge on any atom is -0.459 e. The molecule has 0 aromatic carbocycles. The number of ether oxygens (including phenoxy) is 7. The minimum absolute atomic E-state index is 0.119. The molecule has 370 valence electrons. The van der Waals surface area contributed by atoms with Crippen LogP contribution in [0.1, 0.15) is 112 Å². The average Bonchev–Trinajstić information content (AvgIpc) is 3.66. The first-order valence-electron chi connectivity index (χ1n) is 23.2. The molecule has 4 rings (SSSR count). The first-order chi connectivity index (χ1) is 29.8. The predicted molar refractivity (Wildman–Crippen MR) is 238 cm³/mol. The smallest absolute Gasteiger partial charge is 0.311 e. The summed E-state index contributed by atoms with van der Waals surface area (Å²) in [6.07, 6.45) is -4.21. The zero-order chi connectivity index (χ0) is 48.1. The molecule has 1 aromatic heterocycles. The lowest BCUT2D eigenvalue weighted by Gasteiger charge is -2.49. The van der Waals surface area contributed by atoms with Crippen molar-refractivity contribution in [3.8, 4) is 0 Å². The number of nitrogens with zero attached hydrogens (tertiary/aromatic N) is 4. The SMILES string of the molecule is CC[C@H]1OC(=O)[C@H](C)[C@@H](O[C@H]2C[C@@](C)(OC)[C@@H](O)[C@H](C)O2)[C@H](C)[C@@H](O[C@@H]2O[C@H](C)C[C@H](N(C)C)[C@H]2OCCCNC(=O)c2cncn2C)[C@](C)(O)C[C@@H](C)CN(C)[C@H](C)[C@@H](O)[C@]1(C)O. The highest BCUT2D eigenvalue weighted by molar-refractivity contribution is 5.92. The van der Waals surface area contributed by atoms with Crippen molar-refractivity contribution in [2.45, 2.75) is 192 Å². The van der Waals surface area contributed by atoms with Crippen LogP contribution in [0.3, 0.4) is 0 Å². The molecule has 0 radical (unpaired) electrons. The fourth-order valence-electron chi connectivity index (χ4n) is 10.1. The molecule has 18 heteroatoms. The third-order valence-electron chi connectivity index (χ3n) is 14.1. The van der Waals surface area contributed by atoms with Gasteiger partial charge in [0, 0.05) is 58.3 Å².